The average molecular weight is 425 g/mol. The Morgan fingerprint density at radius 3 is 2.56 bits per heavy atom. The summed E-state index contributed by atoms with van der Waals surface area (Å²) in [4.78, 5) is 12.6. The second-order valence-electron chi connectivity index (χ2n) is 6.64. The molecule has 144 valence electrons. The standard InChI is InChI=1S/C17H20N4O3S3/c22-15(11-25-17-20-19-16(26-17)18-13-5-6-13)12-3-7-14(8-4-12)27(23,24)21-9-1-2-10-21/h3-4,7-8,13H,1-2,5-6,9-11H2,(H,18,19). The Morgan fingerprint density at radius 1 is 1.19 bits per heavy atom. The highest BCUT2D eigenvalue weighted by atomic mass is 32.2. The van der Waals surface area contributed by atoms with Crippen LogP contribution in [0.1, 0.15) is 36.0 Å². The fourth-order valence-corrected chi connectivity index (χ4v) is 6.07. The lowest BCUT2D eigenvalue weighted by Gasteiger charge is -2.15. The molecule has 1 saturated carbocycles. The average Bonchev–Trinajstić information content (AvgIpc) is 3.13. The van der Waals surface area contributed by atoms with E-state index >= 15 is 0 Å². The highest BCUT2D eigenvalue weighted by Gasteiger charge is 2.27. The molecule has 0 atom stereocenters. The Bertz CT molecular complexity index is 917. The number of Topliss-reactive ketones (excluding diaryl/α,β-unsaturated/α-hetero) is 1. The number of sulfonamides is 1. The Hall–Kier alpha value is -1.49. The molecule has 2 fully saturated rings. The lowest BCUT2D eigenvalue weighted by molar-refractivity contribution is 0.102. The minimum Gasteiger partial charge on any atom is -0.357 e. The van der Waals surface area contributed by atoms with Crippen LogP contribution in [-0.2, 0) is 10.0 Å². The van der Waals surface area contributed by atoms with Gasteiger partial charge in [0.25, 0.3) is 0 Å². The van der Waals surface area contributed by atoms with E-state index in [9.17, 15) is 13.2 Å². The van der Waals surface area contributed by atoms with Gasteiger partial charge in [-0.1, -0.05) is 35.2 Å². The molecular formula is C17H20N4O3S3. The summed E-state index contributed by atoms with van der Waals surface area (Å²) in [6.45, 7) is 1.14. The first-order valence-electron chi connectivity index (χ1n) is 8.88. The minimum absolute atomic E-state index is 0.0583. The lowest BCUT2D eigenvalue weighted by Crippen LogP contribution is -2.27. The summed E-state index contributed by atoms with van der Waals surface area (Å²) in [6, 6.07) is 6.74. The number of thioether (sulfide) groups is 1. The number of ketones is 1. The molecule has 7 nitrogen and oxygen atoms in total. The zero-order valence-electron chi connectivity index (χ0n) is 14.6. The van der Waals surface area contributed by atoms with Gasteiger partial charge in [0.1, 0.15) is 0 Å². The van der Waals surface area contributed by atoms with Gasteiger partial charge >= 0.3 is 0 Å². The summed E-state index contributed by atoms with van der Waals surface area (Å²) in [5.41, 5.74) is 0.503. The number of benzene rings is 1. The van der Waals surface area contributed by atoms with Crippen molar-refractivity contribution in [1.82, 2.24) is 14.5 Å². The molecule has 1 N–H and O–H groups in total. The van der Waals surface area contributed by atoms with E-state index in [0.29, 0.717) is 24.7 Å². The molecule has 0 unspecified atom stereocenters. The largest absolute Gasteiger partial charge is 0.357 e. The highest BCUT2D eigenvalue weighted by molar-refractivity contribution is 8.01. The van der Waals surface area contributed by atoms with Crippen LogP contribution < -0.4 is 5.32 Å². The molecule has 1 aromatic heterocycles. The van der Waals surface area contributed by atoms with Crippen molar-refractivity contribution in [2.75, 3.05) is 24.2 Å². The van der Waals surface area contributed by atoms with Crippen LogP contribution in [-0.4, -0.2) is 53.6 Å². The molecule has 0 bridgehead atoms. The molecule has 2 heterocycles. The Kier molecular flexibility index (Phi) is 5.49. The maximum Gasteiger partial charge on any atom is 0.243 e. The van der Waals surface area contributed by atoms with Crippen LogP contribution in [0.5, 0.6) is 0 Å². The molecule has 1 saturated heterocycles. The first kappa shape index (κ1) is 18.9. The number of hydrogen-bond acceptors (Lipinski definition) is 8. The summed E-state index contributed by atoms with van der Waals surface area (Å²) in [7, 11) is -3.45. The van der Waals surface area contributed by atoms with Crippen LogP contribution in [0.3, 0.4) is 0 Å². The molecule has 0 spiro atoms. The first-order valence-corrected chi connectivity index (χ1v) is 12.1. The normalized spacial score (nSPS) is 17.9. The minimum atomic E-state index is -3.45. The van der Waals surface area contributed by atoms with Crippen LogP contribution in [0.2, 0.25) is 0 Å². The summed E-state index contributed by atoms with van der Waals surface area (Å²) >= 11 is 2.80. The number of aromatic nitrogens is 2. The Labute approximate surface area is 166 Å². The van der Waals surface area contributed by atoms with Gasteiger partial charge in [0.15, 0.2) is 10.1 Å². The monoisotopic (exact) mass is 424 g/mol. The van der Waals surface area contributed by atoms with Gasteiger partial charge in [0.2, 0.25) is 15.2 Å². The van der Waals surface area contributed by atoms with E-state index in [0.717, 1.165) is 22.3 Å². The van der Waals surface area contributed by atoms with Gasteiger partial charge in [0, 0.05) is 24.7 Å². The van der Waals surface area contributed by atoms with Crippen LogP contribution in [0.15, 0.2) is 33.5 Å². The van der Waals surface area contributed by atoms with Crippen molar-refractivity contribution in [3.63, 3.8) is 0 Å². The number of nitrogens with zero attached hydrogens (tertiary/aromatic N) is 3. The van der Waals surface area contributed by atoms with Gasteiger partial charge < -0.3 is 5.32 Å². The van der Waals surface area contributed by atoms with Gasteiger partial charge in [-0.25, -0.2) is 8.42 Å². The van der Waals surface area contributed by atoms with Crippen molar-refractivity contribution < 1.29 is 13.2 Å². The second-order valence-corrected chi connectivity index (χ2v) is 10.8. The van der Waals surface area contributed by atoms with Crippen LogP contribution in [0.4, 0.5) is 5.13 Å². The topological polar surface area (TPSA) is 92.3 Å². The zero-order valence-corrected chi connectivity index (χ0v) is 17.1. The predicted molar refractivity (Wildman–Crippen MR) is 106 cm³/mol. The van der Waals surface area contributed by atoms with Gasteiger partial charge in [0.05, 0.1) is 10.6 Å². The van der Waals surface area contributed by atoms with Crippen molar-refractivity contribution in [3.05, 3.63) is 29.8 Å². The maximum atomic E-state index is 12.5. The van der Waals surface area contributed by atoms with Crippen LogP contribution in [0, 0.1) is 0 Å². The van der Waals surface area contributed by atoms with Crippen molar-refractivity contribution in [2.24, 2.45) is 0 Å². The fourth-order valence-electron chi connectivity index (χ4n) is 2.83. The van der Waals surface area contributed by atoms with Crippen LogP contribution >= 0.6 is 23.1 Å². The molecule has 2 aliphatic rings. The van der Waals surface area contributed by atoms with Crippen molar-refractivity contribution in [1.29, 1.82) is 0 Å². The molecule has 1 aliphatic carbocycles. The number of nitrogens with one attached hydrogen (secondary N) is 1. The SMILES string of the molecule is O=C(CSc1nnc(NC2CC2)s1)c1ccc(S(=O)(=O)N2CCCC2)cc1. The Morgan fingerprint density at radius 2 is 1.89 bits per heavy atom. The maximum absolute atomic E-state index is 12.5. The zero-order chi connectivity index (χ0) is 18.9. The van der Waals surface area contributed by atoms with Gasteiger partial charge in [-0.15, -0.1) is 10.2 Å². The van der Waals surface area contributed by atoms with Gasteiger partial charge in [-0.05, 0) is 37.8 Å². The van der Waals surface area contributed by atoms with Gasteiger partial charge in [-0.2, -0.15) is 4.31 Å². The van der Waals surface area contributed by atoms with E-state index in [4.69, 9.17) is 0 Å². The van der Waals surface area contributed by atoms with E-state index in [2.05, 4.69) is 15.5 Å². The molecule has 0 radical (unpaired) electrons. The Balaban J connectivity index is 1.35. The third kappa shape index (κ3) is 4.50. The summed E-state index contributed by atoms with van der Waals surface area (Å²) in [5, 5.41) is 12.2. The number of hydrogen-bond donors (Lipinski definition) is 1. The summed E-state index contributed by atoms with van der Waals surface area (Å²) in [6.07, 6.45) is 4.14. The molecular weight excluding hydrogens is 404 g/mol. The third-order valence-corrected chi connectivity index (χ3v) is 8.42. The van der Waals surface area contributed by atoms with Crippen molar-refractivity contribution in [2.45, 2.75) is 41.0 Å². The lowest BCUT2D eigenvalue weighted by atomic mass is 10.1. The van der Waals surface area contributed by atoms with Gasteiger partial charge in [-0.3, -0.25) is 4.79 Å². The van der Waals surface area contributed by atoms with Crippen LogP contribution in [0.25, 0.3) is 0 Å². The molecule has 10 heteroatoms. The van der Waals surface area contributed by atoms with Crippen molar-refractivity contribution in [3.8, 4) is 0 Å². The smallest absolute Gasteiger partial charge is 0.243 e. The fraction of sp³-hybridized carbons (Fsp3) is 0.471. The molecule has 2 aromatic rings. The van der Waals surface area contributed by atoms with E-state index < -0.39 is 10.0 Å². The molecule has 1 aliphatic heterocycles. The second kappa shape index (κ2) is 7.86. The molecule has 27 heavy (non-hydrogen) atoms. The molecule has 1 aromatic carbocycles. The number of anilines is 1. The quantitative estimate of drug-likeness (QED) is 0.514. The number of carbonyl (C=O) groups is 1. The van der Waals surface area contributed by atoms with E-state index in [1.54, 1.807) is 12.1 Å². The number of carbonyl (C=O) groups excluding carboxylic acids is 1. The van der Waals surface area contributed by atoms with E-state index in [1.807, 2.05) is 0 Å². The van der Waals surface area contributed by atoms with E-state index in [-0.39, 0.29) is 16.4 Å². The highest BCUT2D eigenvalue weighted by Crippen LogP contribution is 2.30. The third-order valence-electron chi connectivity index (χ3n) is 4.52. The van der Waals surface area contributed by atoms with E-state index in [1.165, 1.54) is 52.4 Å². The summed E-state index contributed by atoms with van der Waals surface area (Å²) < 4.78 is 27.3. The molecule has 0 amide bonds. The summed E-state index contributed by atoms with van der Waals surface area (Å²) in [5.74, 6) is 0.188. The molecule has 4 rings (SSSR count). The number of rotatable bonds is 8. The first-order chi connectivity index (χ1) is 13.0. The van der Waals surface area contributed by atoms with Crippen molar-refractivity contribution >= 4 is 44.0 Å². The predicted octanol–water partition coefficient (Wildman–Crippen LogP) is 2.87.